The van der Waals surface area contributed by atoms with E-state index in [9.17, 15) is 35.7 Å². The maximum absolute atomic E-state index is 10.5. The second kappa shape index (κ2) is 14.0. The van der Waals surface area contributed by atoms with Crippen LogP contribution in [0.5, 0.6) is 17.2 Å². The van der Waals surface area contributed by atoms with E-state index >= 15 is 0 Å². The van der Waals surface area contributed by atoms with Crippen LogP contribution in [0.25, 0.3) is 22.3 Å². The Bertz CT molecular complexity index is 1480. The molecule has 46 heavy (non-hydrogen) atoms. The minimum atomic E-state index is -1.75. The zero-order valence-corrected chi connectivity index (χ0v) is 24.9. The van der Waals surface area contributed by atoms with Gasteiger partial charge in [0.25, 0.3) is 0 Å². The molecule has 3 aliphatic heterocycles. The lowest BCUT2D eigenvalue weighted by Crippen LogP contribution is -2.63. The standard InChI is InChI=1S/C31H38O15/c1-39-20-8-14(7-16-10-18(43-29(16)20)15-4-5-17-19(9-15)42-13-41-17)3-2-6-40-12-22-24(34)26(36)28(38)31(45-22)46-30-27(37)25(35)23(33)21(11-32)44-30/h4-5,7-10,21-28,30-38H,2-3,6,11-13H2,1H3/t21-,22-,23-,24-,25+,26+,27-,28-,30+,31+/m1/s1. The van der Waals surface area contributed by atoms with Crippen molar-refractivity contribution in [1.82, 2.24) is 0 Å². The summed E-state index contributed by atoms with van der Waals surface area (Å²) in [5.41, 5.74) is 2.43. The van der Waals surface area contributed by atoms with Gasteiger partial charge in [0.15, 0.2) is 35.4 Å². The van der Waals surface area contributed by atoms with Crippen LogP contribution in [0.1, 0.15) is 12.0 Å². The molecule has 3 aliphatic rings. The number of methoxy groups -OCH3 is 1. The van der Waals surface area contributed by atoms with Crippen molar-refractivity contribution in [3.63, 3.8) is 0 Å². The van der Waals surface area contributed by atoms with Crippen molar-refractivity contribution in [2.24, 2.45) is 0 Å². The van der Waals surface area contributed by atoms with Gasteiger partial charge in [0.05, 0.1) is 20.3 Å². The first-order chi connectivity index (χ1) is 22.2. The van der Waals surface area contributed by atoms with Gasteiger partial charge < -0.3 is 73.3 Å². The monoisotopic (exact) mass is 650 g/mol. The summed E-state index contributed by atoms with van der Waals surface area (Å²) in [5.74, 6) is 2.57. The van der Waals surface area contributed by atoms with E-state index in [4.69, 9.17) is 37.6 Å². The number of ether oxygens (including phenoxy) is 7. The fraction of sp³-hybridized carbons (Fsp3) is 0.548. The Balaban J connectivity index is 1.03. The van der Waals surface area contributed by atoms with Crippen molar-refractivity contribution < 1.29 is 73.3 Å². The molecular formula is C31H38O15. The fourth-order valence-electron chi connectivity index (χ4n) is 5.72. The normalized spacial score (nSPS) is 32.6. The first-order valence-corrected chi connectivity index (χ1v) is 14.9. The minimum Gasteiger partial charge on any atom is -0.493 e. The summed E-state index contributed by atoms with van der Waals surface area (Å²) < 4.78 is 44.7. The first kappa shape index (κ1) is 32.9. The topological polar surface area (TPSA) is 219 Å². The predicted molar refractivity (Wildman–Crippen MR) is 155 cm³/mol. The Kier molecular flexibility index (Phi) is 9.98. The summed E-state index contributed by atoms with van der Waals surface area (Å²) in [7, 11) is 1.57. The summed E-state index contributed by atoms with van der Waals surface area (Å²) in [6, 6.07) is 11.4. The van der Waals surface area contributed by atoms with E-state index in [0.29, 0.717) is 41.4 Å². The molecular weight excluding hydrogens is 612 g/mol. The third-order valence-corrected chi connectivity index (χ3v) is 8.34. The number of hydrogen-bond acceptors (Lipinski definition) is 15. The largest absolute Gasteiger partial charge is 0.493 e. The Hall–Kier alpha value is -3.06. The highest BCUT2D eigenvalue weighted by Gasteiger charge is 2.49. The summed E-state index contributed by atoms with van der Waals surface area (Å²) in [5, 5.41) is 71.8. The molecule has 15 heteroatoms. The summed E-state index contributed by atoms with van der Waals surface area (Å²) in [6.07, 6.45) is -14.4. The van der Waals surface area contributed by atoms with Gasteiger partial charge in [-0.2, -0.15) is 0 Å². The molecule has 15 nitrogen and oxygen atoms in total. The second-order valence-corrected chi connectivity index (χ2v) is 11.4. The van der Waals surface area contributed by atoms with Crippen molar-refractivity contribution >= 4 is 11.0 Å². The lowest BCUT2D eigenvalue weighted by molar-refractivity contribution is -0.377. The average molecular weight is 651 g/mol. The fourth-order valence-corrected chi connectivity index (χ4v) is 5.72. The Morgan fingerprint density at radius 3 is 2.20 bits per heavy atom. The molecule has 0 aliphatic carbocycles. The number of furan rings is 1. The molecule has 0 unspecified atom stereocenters. The lowest BCUT2D eigenvalue weighted by Gasteiger charge is -2.44. The van der Waals surface area contributed by atoms with Crippen molar-refractivity contribution in [3.8, 4) is 28.6 Å². The molecule has 2 saturated heterocycles. The van der Waals surface area contributed by atoms with Crippen LogP contribution in [-0.4, -0.2) is 131 Å². The average Bonchev–Trinajstić information content (AvgIpc) is 3.72. The molecule has 0 amide bonds. The van der Waals surface area contributed by atoms with Crippen LogP contribution in [0.15, 0.2) is 40.8 Å². The summed E-state index contributed by atoms with van der Waals surface area (Å²) in [4.78, 5) is 0. The zero-order valence-electron chi connectivity index (χ0n) is 24.9. The Labute approximate surface area is 263 Å². The van der Waals surface area contributed by atoms with Crippen LogP contribution in [0, 0.1) is 0 Å². The van der Waals surface area contributed by atoms with E-state index in [-0.39, 0.29) is 20.0 Å². The summed E-state index contributed by atoms with van der Waals surface area (Å²) in [6.45, 7) is -0.401. The molecule has 0 bridgehead atoms. The quantitative estimate of drug-likeness (QED) is 0.129. The number of aliphatic hydroxyl groups is 7. The van der Waals surface area contributed by atoms with Crippen molar-refractivity contribution in [1.29, 1.82) is 0 Å². The Morgan fingerprint density at radius 2 is 1.48 bits per heavy atom. The van der Waals surface area contributed by atoms with E-state index in [2.05, 4.69) is 0 Å². The molecule has 6 rings (SSSR count). The number of rotatable bonds is 11. The number of benzene rings is 2. The highest BCUT2D eigenvalue weighted by molar-refractivity contribution is 5.88. The van der Waals surface area contributed by atoms with Crippen molar-refractivity contribution in [2.75, 3.05) is 33.7 Å². The number of hydrogen-bond donors (Lipinski definition) is 7. The first-order valence-electron chi connectivity index (χ1n) is 14.9. The predicted octanol–water partition coefficient (Wildman–Crippen LogP) is -0.590. The van der Waals surface area contributed by atoms with Gasteiger partial charge >= 0.3 is 0 Å². The summed E-state index contributed by atoms with van der Waals surface area (Å²) >= 11 is 0. The molecule has 3 aromatic rings. The highest BCUT2D eigenvalue weighted by Crippen LogP contribution is 2.39. The van der Waals surface area contributed by atoms with Crippen LogP contribution in [0.3, 0.4) is 0 Å². The van der Waals surface area contributed by atoms with Crippen LogP contribution in [0.2, 0.25) is 0 Å². The van der Waals surface area contributed by atoms with E-state index in [1.165, 1.54) is 0 Å². The molecule has 0 saturated carbocycles. The molecule has 252 valence electrons. The van der Waals surface area contributed by atoms with Gasteiger partial charge in [0.2, 0.25) is 6.79 Å². The van der Waals surface area contributed by atoms with Crippen LogP contribution >= 0.6 is 0 Å². The smallest absolute Gasteiger partial charge is 0.231 e. The molecule has 7 N–H and O–H groups in total. The van der Waals surface area contributed by atoms with E-state index in [0.717, 1.165) is 16.5 Å². The molecule has 2 fully saturated rings. The van der Waals surface area contributed by atoms with Gasteiger partial charge in [-0.3, -0.25) is 0 Å². The lowest BCUT2D eigenvalue weighted by atomic mass is 9.98. The molecule has 4 heterocycles. The third-order valence-electron chi connectivity index (χ3n) is 8.34. The molecule has 2 aromatic carbocycles. The van der Waals surface area contributed by atoms with Crippen LogP contribution < -0.4 is 14.2 Å². The number of aryl methyl sites for hydroxylation is 1. The van der Waals surface area contributed by atoms with Crippen molar-refractivity contribution in [2.45, 2.75) is 74.3 Å². The molecule has 0 radical (unpaired) electrons. The highest BCUT2D eigenvalue weighted by atomic mass is 16.8. The second-order valence-electron chi connectivity index (χ2n) is 11.4. The van der Waals surface area contributed by atoms with E-state index < -0.39 is 68.0 Å². The minimum absolute atomic E-state index is 0.164. The Morgan fingerprint density at radius 1 is 0.783 bits per heavy atom. The molecule has 0 spiro atoms. The SMILES string of the molecule is COc1cc(CCCOC[C@H]2O[C@@H](O[C@@H]3O[C@H](CO)[C@@H](O)[C@H](O)[C@H]3O)[C@H](O)[C@@H](O)[C@@H]2O)cc2cc(-c3ccc4c(c3)OCO4)oc12. The van der Waals surface area contributed by atoms with Gasteiger partial charge in [0.1, 0.15) is 54.6 Å². The van der Waals surface area contributed by atoms with E-state index in [1.54, 1.807) is 7.11 Å². The van der Waals surface area contributed by atoms with Gasteiger partial charge in [-0.25, -0.2) is 0 Å². The molecule has 10 atom stereocenters. The van der Waals surface area contributed by atoms with Gasteiger partial charge in [-0.05, 0) is 54.8 Å². The van der Waals surface area contributed by atoms with Crippen LogP contribution in [-0.2, 0) is 25.4 Å². The van der Waals surface area contributed by atoms with Gasteiger partial charge in [-0.1, -0.05) is 0 Å². The van der Waals surface area contributed by atoms with E-state index in [1.807, 2.05) is 36.4 Å². The maximum atomic E-state index is 10.5. The molecule has 1 aromatic heterocycles. The maximum Gasteiger partial charge on any atom is 0.231 e. The third kappa shape index (κ3) is 6.54. The van der Waals surface area contributed by atoms with Gasteiger partial charge in [0, 0.05) is 17.6 Å². The van der Waals surface area contributed by atoms with Crippen LogP contribution in [0.4, 0.5) is 0 Å². The zero-order chi connectivity index (χ0) is 32.5. The number of aliphatic hydroxyl groups excluding tert-OH is 7. The van der Waals surface area contributed by atoms with Gasteiger partial charge in [-0.15, -0.1) is 0 Å². The van der Waals surface area contributed by atoms with Crippen molar-refractivity contribution in [3.05, 3.63) is 42.0 Å². The number of fused-ring (bicyclic) bond motifs is 2.